The number of hydrogen-bond acceptors (Lipinski definition) is 4. The van der Waals surface area contributed by atoms with Gasteiger partial charge in [-0.3, -0.25) is 0 Å². The highest BCUT2D eigenvalue weighted by molar-refractivity contribution is 9.10. The van der Waals surface area contributed by atoms with Gasteiger partial charge in [0, 0.05) is 11.4 Å². The summed E-state index contributed by atoms with van der Waals surface area (Å²) in [5.41, 5.74) is 5.67. The zero-order valence-corrected chi connectivity index (χ0v) is 22.7. The van der Waals surface area contributed by atoms with Crippen molar-refractivity contribution in [2.75, 3.05) is 11.5 Å². The van der Waals surface area contributed by atoms with Gasteiger partial charge in [-0.05, 0) is 116 Å². The Bertz CT molecular complexity index is 1360. The van der Waals surface area contributed by atoms with Crippen LogP contribution in [0.1, 0.15) is 11.1 Å². The number of alkyl halides is 6. The second kappa shape index (κ2) is 10.6. The maximum Gasteiger partial charge on any atom is 0.411 e. The van der Waals surface area contributed by atoms with Crippen molar-refractivity contribution in [3.8, 4) is 23.0 Å². The summed E-state index contributed by atoms with van der Waals surface area (Å²) < 4.78 is 98.8. The lowest BCUT2D eigenvalue weighted by atomic mass is 9.73. The minimum Gasteiger partial charge on any atom is -0.456 e. The summed E-state index contributed by atoms with van der Waals surface area (Å²) in [6.07, 6.45) is -11.6. The van der Waals surface area contributed by atoms with E-state index in [4.69, 9.17) is 20.9 Å². The molecular formula is C27H18Br2F6N2O2. The zero-order valence-electron chi connectivity index (χ0n) is 19.6. The van der Waals surface area contributed by atoms with Crippen LogP contribution in [-0.4, -0.2) is 12.4 Å². The second-order valence-electron chi connectivity index (χ2n) is 8.38. The first-order chi connectivity index (χ1) is 18.2. The molecule has 0 saturated carbocycles. The summed E-state index contributed by atoms with van der Waals surface area (Å²) in [6, 6.07) is 17.2. The van der Waals surface area contributed by atoms with Crippen molar-refractivity contribution in [2.45, 2.75) is 17.8 Å². The van der Waals surface area contributed by atoms with Gasteiger partial charge in [0.1, 0.15) is 23.0 Å². The van der Waals surface area contributed by atoms with Gasteiger partial charge in [-0.1, -0.05) is 12.1 Å². The molecule has 0 bridgehead atoms. The van der Waals surface area contributed by atoms with E-state index in [1.807, 2.05) is 0 Å². The summed E-state index contributed by atoms with van der Waals surface area (Å²) in [4.78, 5) is 0. The molecule has 0 fully saturated rings. The molecular weight excluding hydrogens is 658 g/mol. The SMILES string of the molecule is Nc1ccc(Oc2ccc(C(c3ccc(Oc4ccc(N)cc4)c(Br)c3)(C(F)(F)F)C(F)(F)F)cc2Br)cc1. The van der Waals surface area contributed by atoms with E-state index in [0.717, 1.165) is 36.4 Å². The lowest BCUT2D eigenvalue weighted by molar-refractivity contribution is -0.288. The minimum atomic E-state index is -5.78. The highest BCUT2D eigenvalue weighted by Crippen LogP contribution is 2.57. The molecule has 4 aromatic rings. The van der Waals surface area contributed by atoms with Crippen molar-refractivity contribution < 1.29 is 35.8 Å². The van der Waals surface area contributed by atoms with Crippen molar-refractivity contribution in [1.82, 2.24) is 0 Å². The Labute approximate surface area is 235 Å². The number of nitrogens with two attached hydrogens (primary N) is 2. The van der Waals surface area contributed by atoms with Crippen LogP contribution in [0.5, 0.6) is 23.0 Å². The van der Waals surface area contributed by atoms with Gasteiger partial charge < -0.3 is 20.9 Å². The average Bonchev–Trinajstić information content (AvgIpc) is 2.84. The van der Waals surface area contributed by atoms with E-state index in [0.29, 0.717) is 11.4 Å². The average molecular weight is 676 g/mol. The third-order valence-electron chi connectivity index (χ3n) is 5.80. The molecule has 0 aliphatic carbocycles. The first-order valence-corrected chi connectivity index (χ1v) is 12.6. The molecule has 0 atom stereocenters. The monoisotopic (exact) mass is 674 g/mol. The van der Waals surface area contributed by atoms with Crippen LogP contribution in [0.15, 0.2) is 93.9 Å². The van der Waals surface area contributed by atoms with Gasteiger partial charge in [0.2, 0.25) is 5.41 Å². The topological polar surface area (TPSA) is 70.5 Å². The summed E-state index contributed by atoms with van der Waals surface area (Å²) >= 11 is 6.13. The molecule has 0 amide bonds. The first kappa shape index (κ1) is 28.6. The number of halogens is 8. The van der Waals surface area contributed by atoms with E-state index in [2.05, 4.69) is 31.9 Å². The summed E-state index contributed by atoms with van der Waals surface area (Å²) in [7, 11) is 0. The number of benzene rings is 4. The Hall–Kier alpha value is -3.38. The molecule has 204 valence electrons. The van der Waals surface area contributed by atoms with Gasteiger partial charge in [-0.25, -0.2) is 0 Å². The minimum absolute atomic E-state index is 0.00944. The van der Waals surface area contributed by atoms with Crippen LogP contribution >= 0.6 is 31.9 Å². The maximum atomic E-state index is 14.6. The van der Waals surface area contributed by atoms with Crippen LogP contribution in [0.25, 0.3) is 0 Å². The summed E-state index contributed by atoms with van der Waals surface area (Å²) in [6.45, 7) is 0. The van der Waals surface area contributed by atoms with Crippen molar-refractivity contribution >= 4 is 43.2 Å². The fourth-order valence-corrected chi connectivity index (χ4v) is 4.86. The van der Waals surface area contributed by atoms with Crippen molar-refractivity contribution in [1.29, 1.82) is 0 Å². The third-order valence-corrected chi connectivity index (χ3v) is 7.04. The Morgan fingerprint density at radius 1 is 0.513 bits per heavy atom. The van der Waals surface area contributed by atoms with E-state index in [9.17, 15) is 26.3 Å². The molecule has 4 nitrogen and oxygen atoms in total. The predicted molar refractivity (Wildman–Crippen MR) is 143 cm³/mol. The van der Waals surface area contributed by atoms with E-state index in [-0.39, 0.29) is 31.9 Å². The maximum absolute atomic E-state index is 14.6. The number of rotatable bonds is 6. The largest absolute Gasteiger partial charge is 0.456 e. The molecule has 4 N–H and O–H groups in total. The van der Waals surface area contributed by atoms with E-state index >= 15 is 0 Å². The van der Waals surface area contributed by atoms with Crippen LogP contribution in [0, 0.1) is 0 Å². The molecule has 4 rings (SSSR count). The number of hydrogen-bond donors (Lipinski definition) is 2. The standard InChI is InChI=1S/C27H18Br2F6N2O2/c28-21-13-15(1-11-23(21)38-19-7-3-17(36)4-8-19)25(26(30,31)32,27(33,34)35)16-2-12-24(22(29)14-16)39-20-9-5-18(37)6-10-20/h1-14H,36-37H2. The molecule has 0 radical (unpaired) electrons. The zero-order chi connectivity index (χ0) is 28.6. The highest BCUT2D eigenvalue weighted by atomic mass is 79.9. The fourth-order valence-electron chi connectivity index (χ4n) is 3.94. The summed E-state index contributed by atoms with van der Waals surface area (Å²) in [5, 5.41) is 0. The van der Waals surface area contributed by atoms with E-state index in [1.165, 1.54) is 48.5 Å². The Morgan fingerprint density at radius 2 is 0.846 bits per heavy atom. The van der Waals surface area contributed by atoms with Crippen molar-refractivity contribution in [2.24, 2.45) is 0 Å². The van der Waals surface area contributed by atoms with Crippen LogP contribution in [0.4, 0.5) is 37.7 Å². The van der Waals surface area contributed by atoms with Crippen molar-refractivity contribution in [3.63, 3.8) is 0 Å². The van der Waals surface area contributed by atoms with Crippen LogP contribution in [0.2, 0.25) is 0 Å². The third kappa shape index (κ3) is 5.67. The van der Waals surface area contributed by atoms with Crippen LogP contribution in [-0.2, 0) is 5.41 Å². The smallest absolute Gasteiger partial charge is 0.411 e. The van der Waals surface area contributed by atoms with E-state index < -0.39 is 28.9 Å². The molecule has 0 aliphatic rings. The quantitative estimate of drug-likeness (QED) is 0.158. The van der Waals surface area contributed by atoms with Gasteiger partial charge in [-0.2, -0.15) is 26.3 Å². The molecule has 39 heavy (non-hydrogen) atoms. The van der Waals surface area contributed by atoms with Crippen LogP contribution < -0.4 is 20.9 Å². The molecule has 0 spiro atoms. The Morgan fingerprint density at radius 3 is 1.13 bits per heavy atom. The lowest BCUT2D eigenvalue weighted by Crippen LogP contribution is -2.54. The summed E-state index contributed by atoms with van der Waals surface area (Å²) in [5.74, 6) is 0.595. The molecule has 0 aromatic heterocycles. The van der Waals surface area contributed by atoms with Gasteiger partial charge in [-0.15, -0.1) is 0 Å². The predicted octanol–water partition coefficient (Wildman–Crippen LogP) is 9.37. The van der Waals surface area contributed by atoms with Crippen molar-refractivity contribution in [3.05, 3.63) is 105 Å². The Kier molecular flexibility index (Phi) is 7.82. The lowest BCUT2D eigenvalue weighted by Gasteiger charge is -2.38. The number of nitrogen functional groups attached to an aromatic ring is 2. The van der Waals surface area contributed by atoms with Gasteiger partial charge in [0.25, 0.3) is 0 Å². The molecule has 0 saturated heterocycles. The molecule has 12 heteroatoms. The molecule has 0 aliphatic heterocycles. The van der Waals surface area contributed by atoms with Gasteiger partial charge in [0.15, 0.2) is 0 Å². The van der Waals surface area contributed by atoms with Gasteiger partial charge in [0.05, 0.1) is 8.95 Å². The number of anilines is 2. The highest BCUT2D eigenvalue weighted by Gasteiger charge is 2.72. The molecule has 0 unspecified atom stereocenters. The van der Waals surface area contributed by atoms with E-state index in [1.54, 1.807) is 0 Å². The second-order valence-corrected chi connectivity index (χ2v) is 10.1. The molecule has 4 aromatic carbocycles. The first-order valence-electron chi connectivity index (χ1n) is 11.0. The molecule has 0 heterocycles. The fraction of sp³-hybridized carbons (Fsp3) is 0.111. The van der Waals surface area contributed by atoms with Gasteiger partial charge >= 0.3 is 12.4 Å². The number of ether oxygens (including phenoxy) is 2. The Balaban J connectivity index is 1.80. The van der Waals surface area contributed by atoms with Crippen LogP contribution in [0.3, 0.4) is 0 Å². The normalized spacial score (nSPS) is 12.3.